The Labute approximate surface area is 119 Å². The minimum absolute atomic E-state index is 0.0172. The average Bonchev–Trinajstić information content (AvgIpc) is 3.21. The van der Waals surface area contributed by atoms with Gasteiger partial charge < -0.3 is 4.74 Å². The zero-order chi connectivity index (χ0) is 13.8. The van der Waals surface area contributed by atoms with Crippen LogP contribution in [-0.2, 0) is 9.53 Å². The molecule has 0 spiro atoms. The first-order valence-electron chi connectivity index (χ1n) is 8.48. The first-order valence-corrected chi connectivity index (χ1v) is 8.48. The van der Waals surface area contributed by atoms with E-state index in [4.69, 9.17) is 4.74 Å². The third-order valence-electron chi connectivity index (χ3n) is 3.95. The summed E-state index contributed by atoms with van der Waals surface area (Å²) >= 11 is 0. The summed E-state index contributed by atoms with van der Waals surface area (Å²) in [6, 6.07) is 0. The largest absolute Gasteiger partial charge is 0.466 e. The van der Waals surface area contributed by atoms with E-state index in [1.165, 1.54) is 64.2 Å². The summed E-state index contributed by atoms with van der Waals surface area (Å²) in [6.07, 6.45) is 16.0. The molecule has 1 aliphatic carbocycles. The standard InChI is InChI=1S/C17H32O2/c1-2-3-4-5-6-7-8-9-15-19-17(18)12-10-11-16-13-14-16/h16H,2-15H2,1H3. The van der Waals surface area contributed by atoms with Gasteiger partial charge in [-0.1, -0.05) is 64.7 Å². The lowest BCUT2D eigenvalue weighted by molar-refractivity contribution is -0.143. The highest BCUT2D eigenvalue weighted by molar-refractivity contribution is 5.69. The number of hydrogen-bond donors (Lipinski definition) is 0. The highest BCUT2D eigenvalue weighted by Crippen LogP contribution is 2.33. The Morgan fingerprint density at radius 2 is 1.58 bits per heavy atom. The SMILES string of the molecule is CCCCCCCCCCOC(=O)CCCC1CC1. The minimum atomic E-state index is 0.0172. The van der Waals surface area contributed by atoms with Gasteiger partial charge in [0.05, 0.1) is 6.61 Å². The fourth-order valence-corrected chi connectivity index (χ4v) is 2.44. The van der Waals surface area contributed by atoms with E-state index in [0.29, 0.717) is 13.0 Å². The van der Waals surface area contributed by atoms with Gasteiger partial charge in [-0.15, -0.1) is 0 Å². The van der Waals surface area contributed by atoms with Crippen LogP contribution in [0.1, 0.15) is 90.4 Å². The molecule has 2 nitrogen and oxygen atoms in total. The molecule has 1 rings (SSSR count). The molecule has 0 atom stereocenters. The second kappa shape index (κ2) is 11.3. The van der Waals surface area contributed by atoms with Crippen LogP contribution in [0.2, 0.25) is 0 Å². The molecule has 19 heavy (non-hydrogen) atoms. The quantitative estimate of drug-likeness (QED) is 0.337. The van der Waals surface area contributed by atoms with Crippen molar-refractivity contribution in [3.63, 3.8) is 0 Å². The maximum absolute atomic E-state index is 11.4. The number of rotatable bonds is 13. The van der Waals surface area contributed by atoms with Crippen LogP contribution in [-0.4, -0.2) is 12.6 Å². The maximum atomic E-state index is 11.4. The van der Waals surface area contributed by atoms with Crippen LogP contribution in [0.15, 0.2) is 0 Å². The van der Waals surface area contributed by atoms with Crippen molar-refractivity contribution in [3.8, 4) is 0 Å². The molecule has 0 aromatic rings. The lowest BCUT2D eigenvalue weighted by atomic mass is 10.1. The Bertz CT molecular complexity index is 221. The predicted octanol–water partition coefficient (Wildman–Crippen LogP) is 5.25. The van der Waals surface area contributed by atoms with E-state index in [0.717, 1.165) is 18.8 Å². The van der Waals surface area contributed by atoms with Crippen LogP contribution >= 0.6 is 0 Å². The van der Waals surface area contributed by atoms with Crippen LogP contribution in [0.3, 0.4) is 0 Å². The summed E-state index contributed by atoms with van der Waals surface area (Å²) in [6.45, 7) is 2.89. The Hall–Kier alpha value is -0.530. The number of unbranched alkanes of at least 4 members (excludes halogenated alkanes) is 7. The number of carbonyl (C=O) groups excluding carboxylic acids is 1. The molecule has 0 unspecified atom stereocenters. The Kier molecular flexibility index (Phi) is 9.84. The summed E-state index contributed by atoms with van der Waals surface area (Å²) in [7, 11) is 0. The monoisotopic (exact) mass is 268 g/mol. The van der Waals surface area contributed by atoms with Gasteiger partial charge in [-0.25, -0.2) is 0 Å². The maximum Gasteiger partial charge on any atom is 0.305 e. The van der Waals surface area contributed by atoms with Gasteiger partial charge in [-0.3, -0.25) is 4.79 Å². The molecule has 112 valence electrons. The lowest BCUT2D eigenvalue weighted by Crippen LogP contribution is -2.05. The van der Waals surface area contributed by atoms with Gasteiger partial charge in [-0.2, -0.15) is 0 Å². The van der Waals surface area contributed by atoms with E-state index in [1.54, 1.807) is 0 Å². The molecule has 1 aliphatic rings. The smallest absolute Gasteiger partial charge is 0.305 e. The van der Waals surface area contributed by atoms with Gasteiger partial charge in [0.1, 0.15) is 0 Å². The van der Waals surface area contributed by atoms with E-state index >= 15 is 0 Å². The minimum Gasteiger partial charge on any atom is -0.466 e. The van der Waals surface area contributed by atoms with Gasteiger partial charge in [0.25, 0.3) is 0 Å². The highest BCUT2D eigenvalue weighted by atomic mass is 16.5. The molecule has 0 heterocycles. The molecular weight excluding hydrogens is 236 g/mol. The molecule has 0 aromatic carbocycles. The summed E-state index contributed by atoms with van der Waals surface area (Å²) in [5, 5.41) is 0. The average molecular weight is 268 g/mol. The van der Waals surface area contributed by atoms with Gasteiger partial charge in [0, 0.05) is 6.42 Å². The van der Waals surface area contributed by atoms with Crippen LogP contribution < -0.4 is 0 Å². The van der Waals surface area contributed by atoms with Gasteiger partial charge >= 0.3 is 5.97 Å². The van der Waals surface area contributed by atoms with Gasteiger partial charge in [0.2, 0.25) is 0 Å². The van der Waals surface area contributed by atoms with Crippen molar-refractivity contribution >= 4 is 5.97 Å². The van der Waals surface area contributed by atoms with E-state index in [-0.39, 0.29) is 5.97 Å². The second-order valence-electron chi connectivity index (χ2n) is 6.03. The fraction of sp³-hybridized carbons (Fsp3) is 0.941. The number of hydrogen-bond acceptors (Lipinski definition) is 2. The molecule has 0 saturated heterocycles. The lowest BCUT2D eigenvalue weighted by Gasteiger charge is -2.05. The van der Waals surface area contributed by atoms with E-state index in [1.807, 2.05) is 0 Å². The first kappa shape index (κ1) is 16.5. The van der Waals surface area contributed by atoms with Crippen molar-refractivity contribution < 1.29 is 9.53 Å². The summed E-state index contributed by atoms with van der Waals surface area (Å²) in [5.74, 6) is 0.948. The van der Waals surface area contributed by atoms with Crippen molar-refractivity contribution in [3.05, 3.63) is 0 Å². The van der Waals surface area contributed by atoms with E-state index in [2.05, 4.69) is 6.92 Å². The van der Waals surface area contributed by atoms with Crippen LogP contribution in [0.5, 0.6) is 0 Å². The summed E-state index contributed by atoms with van der Waals surface area (Å²) in [5.41, 5.74) is 0. The summed E-state index contributed by atoms with van der Waals surface area (Å²) < 4.78 is 5.25. The predicted molar refractivity (Wildman–Crippen MR) is 80.1 cm³/mol. The molecular formula is C17H32O2. The van der Waals surface area contributed by atoms with Crippen LogP contribution in [0.4, 0.5) is 0 Å². The molecule has 0 radical (unpaired) electrons. The highest BCUT2D eigenvalue weighted by Gasteiger charge is 2.20. The molecule has 0 bridgehead atoms. The van der Waals surface area contributed by atoms with Crippen LogP contribution in [0.25, 0.3) is 0 Å². The third-order valence-corrected chi connectivity index (χ3v) is 3.95. The number of carbonyl (C=O) groups is 1. The molecule has 0 aliphatic heterocycles. The first-order chi connectivity index (χ1) is 9.33. The zero-order valence-electron chi connectivity index (χ0n) is 12.8. The molecule has 1 fully saturated rings. The van der Waals surface area contributed by atoms with E-state index in [9.17, 15) is 4.79 Å². The Balaban J connectivity index is 1.72. The number of ether oxygens (including phenoxy) is 1. The Morgan fingerprint density at radius 1 is 0.947 bits per heavy atom. The molecule has 0 aromatic heterocycles. The van der Waals surface area contributed by atoms with Gasteiger partial charge in [0.15, 0.2) is 0 Å². The summed E-state index contributed by atoms with van der Waals surface area (Å²) in [4.78, 5) is 11.4. The van der Waals surface area contributed by atoms with Crippen molar-refractivity contribution in [2.24, 2.45) is 5.92 Å². The van der Waals surface area contributed by atoms with Crippen molar-refractivity contribution in [2.75, 3.05) is 6.61 Å². The van der Waals surface area contributed by atoms with Crippen molar-refractivity contribution in [2.45, 2.75) is 90.4 Å². The molecule has 0 N–H and O–H groups in total. The zero-order valence-corrected chi connectivity index (χ0v) is 12.8. The molecule has 0 amide bonds. The number of esters is 1. The molecule has 1 saturated carbocycles. The Morgan fingerprint density at radius 3 is 2.21 bits per heavy atom. The second-order valence-corrected chi connectivity index (χ2v) is 6.03. The van der Waals surface area contributed by atoms with Crippen LogP contribution in [0, 0.1) is 5.92 Å². The topological polar surface area (TPSA) is 26.3 Å². The van der Waals surface area contributed by atoms with Crippen molar-refractivity contribution in [1.29, 1.82) is 0 Å². The third kappa shape index (κ3) is 11.0. The van der Waals surface area contributed by atoms with Gasteiger partial charge in [-0.05, 0) is 25.2 Å². The fourth-order valence-electron chi connectivity index (χ4n) is 2.44. The molecule has 2 heteroatoms. The normalized spacial score (nSPS) is 14.6. The van der Waals surface area contributed by atoms with Crippen molar-refractivity contribution in [1.82, 2.24) is 0 Å². The van der Waals surface area contributed by atoms with E-state index < -0.39 is 0 Å².